The van der Waals surface area contributed by atoms with E-state index in [0.29, 0.717) is 31.3 Å². The number of hydrogen-bond donors (Lipinski definition) is 1. The minimum atomic E-state index is -0.684. The van der Waals surface area contributed by atoms with Crippen LogP contribution in [0.1, 0.15) is 44.9 Å². The lowest BCUT2D eigenvalue weighted by Gasteiger charge is -2.23. The normalized spacial score (nSPS) is 23.9. The van der Waals surface area contributed by atoms with E-state index in [1.54, 1.807) is 0 Å². The Morgan fingerprint density at radius 3 is 2.74 bits per heavy atom. The van der Waals surface area contributed by atoms with Crippen LogP contribution < -0.4 is 0 Å². The van der Waals surface area contributed by atoms with Crippen LogP contribution in [-0.2, 0) is 17.8 Å². The molecule has 19 heavy (non-hydrogen) atoms. The molecule has 6 heteroatoms. The summed E-state index contributed by atoms with van der Waals surface area (Å²) in [4.78, 5) is 13.6. The molecule has 1 fully saturated rings. The number of carboxylic acids is 1. The van der Waals surface area contributed by atoms with Gasteiger partial charge in [0.15, 0.2) is 0 Å². The predicted octanol–water partition coefficient (Wildman–Crippen LogP) is 1.71. The predicted molar refractivity (Wildman–Crippen MR) is 68.5 cm³/mol. The highest BCUT2D eigenvalue weighted by Crippen LogP contribution is 2.36. The Morgan fingerprint density at radius 2 is 2.16 bits per heavy atom. The minimum absolute atomic E-state index is 0.547. The number of likely N-dealkylation sites (tertiary alicyclic amines) is 1. The molecule has 1 N–H and O–H groups in total. The van der Waals surface area contributed by atoms with Crippen LogP contribution >= 0.6 is 0 Å². The Bertz CT molecular complexity index is 446. The zero-order valence-corrected chi connectivity index (χ0v) is 11.6. The number of aromatic nitrogens is 2. The molecule has 2 heterocycles. The average Bonchev–Trinajstić information content (AvgIpc) is 2.98. The van der Waals surface area contributed by atoms with Crippen molar-refractivity contribution < 1.29 is 14.3 Å². The van der Waals surface area contributed by atoms with Gasteiger partial charge >= 0.3 is 5.97 Å². The van der Waals surface area contributed by atoms with Crippen molar-refractivity contribution in [1.29, 1.82) is 0 Å². The molecule has 0 radical (unpaired) electrons. The summed E-state index contributed by atoms with van der Waals surface area (Å²) >= 11 is 0. The zero-order chi connectivity index (χ0) is 13.9. The van der Waals surface area contributed by atoms with E-state index < -0.39 is 11.4 Å². The lowest BCUT2D eigenvalue weighted by Crippen LogP contribution is -2.34. The smallest absolute Gasteiger partial charge is 0.310 e. The van der Waals surface area contributed by atoms with E-state index in [2.05, 4.69) is 15.1 Å². The Morgan fingerprint density at radius 1 is 1.42 bits per heavy atom. The van der Waals surface area contributed by atoms with E-state index in [4.69, 9.17) is 4.42 Å². The van der Waals surface area contributed by atoms with Gasteiger partial charge in [-0.3, -0.25) is 9.69 Å². The van der Waals surface area contributed by atoms with Gasteiger partial charge in [0.25, 0.3) is 0 Å². The van der Waals surface area contributed by atoms with Gasteiger partial charge in [0, 0.05) is 13.0 Å². The second kappa shape index (κ2) is 5.69. The van der Waals surface area contributed by atoms with E-state index in [1.165, 1.54) is 0 Å². The molecule has 106 valence electrons. The molecule has 1 aromatic rings. The SMILES string of the molecule is CCCC1(C(=O)O)CCN(Cc2nnc(CC)o2)C1. The van der Waals surface area contributed by atoms with E-state index in [1.807, 2.05) is 13.8 Å². The lowest BCUT2D eigenvalue weighted by atomic mass is 9.83. The fourth-order valence-corrected chi connectivity index (χ4v) is 2.74. The largest absolute Gasteiger partial charge is 0.481 e. The first-order valence-corrected chi connectivity index (χ1v) is 6.86. The van der Waals surface area contributed by atoms with E-state index >= 15 is 0 Å². The van der Waals surface area contributed by atoms with Crippen LogP contribution in [0.15, 0.2) is 4.42 Å². The molecule has 2 rings (SSSR count). The highest BCUT2D eigenvalue weighted by molar-refractivity contribution is 5.75. The summed E-state index contributed by atoms with van der Waals surface area (Å²) in [5, 5.41) is 17.4. The average molecular weight is 267 g/mol. The van der Waals surface area contributed by atoms with Crippen LogP contribution in [-0.4, -0.2) is 39.3 Å². The molecule has 0 saturated carbocycles. The highest BCUT2D eigenvalue weighted by atomic mass is 16.4. The summed E-state index contributed by atoms with van der Waals surface area (Å²) in [6, 6.07) is 0. The maximum Gasteiger partial charge on any atom is 0.310 e. The number of aliphatic carboxylic acids is 1. The minimum Gasteiger partial charge on any atom is -0.481 e. The van der Waals surface area contributed by atoms with E-state index in [-0.39, 0.29) is 0 Å². The zero-order valence-electron chi connectivity index (χ0n) is 11.6. The van der Waals surface area contributed by atoms with Crippen molar-refractivity contribution in [3.63, 3.8) is 0 Å². The number of carbonyl (C=O) groups is 1. The molecule has 1 saturated heterocycles. The summed E-state index contributed by atoms with van der Waals surface area (Å²) in [5.74, 6) is 0.526. The van der Waals surface area contributed by atoms with Gasteiger partial charge in [0.2, 0.25) is 11.8 Å². The maximum atomic E-state index is 11.5. The van der Waals surface area contributed by atoms with Gasteiger partial charge in [-0.25, -0.2) is 0 Å². The van der Waals surface area contributed by atoms with Gasteiger partial charge in [-0.15, -0.1) is 10.2 Å². The lowest BCUT2D eigenvalue weighted by molar-refractivity contribution is -0.148. The van der Waals surface area contributed by atoms with Gasteiger partial charge < -0.3 is 9.52 Å². The third-order valence-electron chi connectivity index (χ3n) is 3.79. The van der Waals surface area contributed by atoms with Crippen molar-refractivity contribution in [3.05, 3.63) is 11.8 Å². The van der Waals surface area contributed by atoms with Gasteiger partial charge in [-0.2, -0.15) is 0 Å². The topological polar surface area (TPSA) is 79.5 Å². The summed E-state index contributed by atoms with van der Waals surface area (Å²) in [6.45, 7) is 5.88. The van der Waals surface area contributed by atoms with Crippen LogP contribution in [0.3, 0.4) is 0 Å². The van der Waals surface area contributed by atoms with Gasteiger partial charge in [0.1, 0.15) is 0 Å². The number of rotatable bonds is 6. The molecular weight excluding hydrogens is 246 g/mol. The van der Waals surface area contributed by atoms with Crippen LogP contribution in [0.5, 0.6) is 0 Å². The first-order chi connectivity index (χ1) is 9.09. The molecule has 6 nitrogen and oxygen atoms in total. The van der Waals surface area contributed by atoms with Crippen molar-refractivity contribution in [3.8, 4) is 0 Å². The molecular formula is C13H21N3O3. The molecule has 0 amide bonds. The highest BCUT2D eigenvalue weighted by Gasteiger charge is 2.44. The third-order valence-corrected chi connectivity index (χ3v) is 3.79. The van der Waals surface area contributed by atoms with Crippen molar-refractivity contribution in [1.82, 2.24) is 15.1 Å². The maximum absolute atomic E-state index is 11.5. The fourth-order valence-electron chi connectivity index (χ4n) is 2.74. The Hall–Kier alpha value is -1.43. The second-order valence-corrected chi connectivity index (χ2v) is 5.24. The number of hydrogen-bond acceptors (Lipinski definition) is 5. The fraction of sp³-hybridized carbons (Fsp3) is 0.769. The molecule has 1 unspecified atom stereocenters. The second-order valence-electron chi connectivity index (χ2n) is 5.24. The third kappa shape index (κ3) is 2.94. The Labute approximate surface area is 112 Å². The molecule has 1 aliphatic heterocycles. The van der Waals surface area contributed by atoms with Crippen molar-refractivity contribution in [2.45, 2.75) is 46.1 Å². The quantitative estimate of drug-likeness (QED) is 0.845. The van der Waals surface area contributed by atoms with Crippen LogP contribution in [0.25, 0.3) is 0 Å². The van der Waals surface area contributed by atoms with E-state index in [9.17, 15) is 9.90 Å². The monoisotopic (exact) mass is 267 g/mol. The van der Waals surface area contributed by atoms with Gasteiger partial charge in [-0.1, -0.05) is 20.3 Å². The molecule has 1 aliphatic rings. The molecule has 0 aromatic carbocycles. The summed E-state index contributed by atoms with van der Waals surface area (Å²) < 4.78 is 5.47. The Kier molecular flexibility index (Phi) is 4.19. The molecule has 0 aliphatic carbocycles. The van der Waals surface area contributed by atoms with Crippen molar-refractivity contribution in [2.24, 2.45) is 5.41 Å². The summed E-state index contributed by atoms with van der Waals surface area (Å²) in [5.41, 5.74) is -0.595. The standard InChI is InChI=1S/C13H21N3O3/c1-3-5-13(12(17)18)6-7-16(9-13)8-11-15-14-10(4-2)19-11/h3-9H2,1-2H3,(H,17,18). The number of carboxylic acid groups (broad SMARTS) is 1. The summed E-state index contributed by atoms with van der Waals surface area (Å²) in [7, 11) is 0. The molecule has 0 bridgehead atoms. The van der Waals surface area contributed by atoms with Gasteiger partial charge in [0.05, 0.1) is 12.0 Å². The van der Waals surface area contributed by atoms with Crippen molar-refractivity contribution in [2.75, 3.05) is 13.1 Å². The van der Waals surface area contributed by atoms with Gasteiger partial charge in [-0.05, 0) is 19.4 Å². The first-order valence-electron chi connectivity index (χ1n) is 6.86. The number of aryl methyl sites for hydroxylation is 1. The Balaban J connectivity index is 1.99. The summed E-state index contributed by atoms with van der Waals surface area (Å²) in [6.07, 6.45) is 3.04. The van der Waals surface area contributed by atoms with Crippen LogP contribution in [0.2, 0.25) is 0 Å². The molecule has 1 aromatic heterocycles. The number of nitrogens with zero attached hydrogens (tertiary/aromatic N) is 3. The molecule has 0 spiro atoms. The van der Waals surface area contributed by atoms with Crippen molar-refractivity contribution >= 4 is 5.97 Å². The van der Waals surface area contributed by atoms with Crippen LogP contribution in [0, 0.1) is 5.41 Å². The molecule has 1 atom stereocenters. The van der Waals surface area contributed by atoms with Crippen LogP contribution in [0.4, 0.5) is 0 Å². The van der Waals surface area contributed by atoms with E-state index in [0.717, 1.165) is 25.8 Å². The first kappa shape index (κ1) is 14.0.